The largest absolute Gasteiger partial charge is 0.493 e. The molecule has 1 N–H and O–H groups in total. The number of anilines is 1. The molecule has 2 fully saturated rings. The standard InChI is InChI=1S/C29H32ClN5O2/c30-22-3-5-23(6-4-22)37-19-21-2-1-13-35(18-21)27(36)16-20-9-14-34(15-10-20)26-8-12-31-25-17-33-29-24(28(25)26)7-11-32-29/h3-8,11-12,17,20-21H,1-2,9-10,13-16,18-19H2,(H,32,33). The summed E-state index contributed by atoms with van der Waals surface area (Å²) in [4.78, 5) is 30.0. The molecule has 3 aromatic heterocycles. The van der Waals surface area contributed by atoms with Crippen molar-refractivity contribution in [1.29, 1.82) is 0 Å². The molecule has 1 aromatic carbocycles. The predicted octanol–water partition coefficient (Wildman–Crippen LogP) is 5.69. The van der Waals surface area contributed by atoms with Crippen molar-refractivity contribution in [2.75, 3.05) is 37.7 Å². The number of likely N-dealkylation sites (tertiary alicyclic amines) is 1. The molecule has 5 heterocycles. The van der Waals surface area contributed by atoms with E-state index >= 15 is 0 Å². The van der Waals surface area contributed by atoms with Gasteiger partial charge in [0, 0.05) is 72.4 Å². The number of H-pyrrole nitrogens is 1. The highest BCUT2D eigenvalue weighted by molar-refractivity contribution is 6.30. The Morgan fingerprint density at radius 2 is 1.86 bits per heavy atom. The van der Waals surface area contributed by atoms with Crippen LogP contribution in [0.25, 0.3) is 21.9 Å². The van der Waals surface area contributed by atoms with E-state index < -0.39 is 0 Å². The molecule has 2 saturated heterocycles. The molecule has 0 spiro atoms. The molecule has 1 amide bonds. The molecule has 0 radical (unpaired) electrons. The van der Waals surface area contributed by atoms with Crippen LogP contribution in [-0.4, -0.2) is 58.5 Å². The van der Waals surface area contributed by atoms with Crippen LogP contribution in [0, 0.1) is 11.8 Å². The Morgan fingerprint density at radius 3 is 2.70 bits per heavy atom. The maximum absolute atomic E-state index is 13.2. The van der Waals surface area contributed by atoms with E-state index in [1.54, 1.807) is 0 Å². The number of carbonyl (C=O) groups is 1. The fraction of sp³-hybridized carbons (Fsp3) is 0.414. The van der Waals surface area contributed by atoms with Gasteiger partial charge in [0.05, 0.1) is 18.3 Å². The molecule has 1 atom stereocenters. The van der Waals surface area contributed by atoms with Crippen molar-refractivity contribution >= 4 is 45.1 Å². The summed E-state index contributed by atoms with van der Waals surface area (Å²) < 4.78 is 5.97. The van der Waals surface area contributed by atoms with Crippen LogP contribution < -0.4 is 9.64 Å². The average Bonchev–Trinajstić information content (AvgIpc) is 3.42. The van der Waals surface area contributed by atoms with Crippen molar-refractivity contribution in [2.45, 2.75) is 32.1 Å². The third kappa shape index (κ3) is 5.23. The number of nitrogens with one attached hydrogen (secondary N) is 1. The number of pyridine rings is 2. The number of fused-ring (bicyclic) bond motifs is 3. The van der Waals surface area contributed by atoms with Crippen LogP contribution in [0.3, 0.4) is 0 Å². The number of aromatic nitrogens is 3. The zero-order valence-electron chi connectivity index (χ0n) is 20.9. The molecule has 0 saturated carbocycles. The van der Waals surface area contributed by atoms with Gasteiger partial charge in [0.25, 0.3) is 0 Å². The quantitative estimate of drug-likeness (QED) is 0.355. The highest BCUT2D eigenvalue weighted by Gasteiger charge is 2.28. The minimum Gasteiger partial charge on any atom is -0.493 e. The number of amides is 1. The molecule has 0 aliphatic carbocycles. The van der Waals surface area contributed by atoms with Crippen LogP contribution in [0.5, 0.6) is 5.75 Å². The summed E-state index contributed by atoms with van der Waals surface area (Å²) in [7, 11) is 0. The first kappa shape index (κ1) is 24.0. The van der Waals surface area contributed by atoms with Gasteiger partial charge < -0.3 is 19.5 Å². The fourth-order valence-corrected chi connectivity index (χ4v) is 5.95. The van der Waals surface area contributed by atoms with E-state index in [2.05, 4.69) is 36.9 Å². The number of piperidine rings is 2. The number of rotatable bonds is 6. The summed E-state index contributed by atoms with van der Waals surface area (Å²) in [5, 5.41) is 2.97. The van der Waals surface area contributed by atoms with Gasteiger partial charge in [-0.2, -0.15) is 0 Å². The molecule has 4 aromatic rings. The molecular weight excluding hydrogens is 486 g/mol. The van der Waals surface area contributed by atoms with Gasteiger partial charge in [-0.3, -0.25) is 9.78 Å². The lowest BCUT2D eigenvalue weighted by atomic mass is 9.91. The van der Waals surface area contributed by atoms with Crippen molar-refractivity contribution in [3.05, 3.63) is 60.0 Å². The molecule has 1 unspecified atom stereocenters. The summed E-state index contributed by atoms with van der Waals surface area (Å²) in [6.45, 7) is 4.17. The number of ether oxygens (including phenoxy) is 1. The van der Waals surface area contributed by atoms with E-state index in [0.29, 0.717) is 35.8 Å². The van der Waals surface area contributed by atoms with E-state index in [4.69, 9.17) is 16.3 Å². The van der Waals surface area contributed by atoms with Crippen molar-refractivity contribution < 1.29 is 9.53 Å². The van der Waals surface area contributed by atoms with Crippen LogP contribution in [-0.2, 0) is 4.79 Å². The lowest BCUT2D eigenvalue weighted by Gasteiger charge is -2.36. The Kier molecular flexibility index (Phi) is 6.87. The van der Waals surface area contributed by atoms with Gasteiger partial charge in [-0.1, -0.05) is 11.6 Å². The number of nitrogens with zero attached hydrogens (tertiary/aromatic N) is 4. The molecule has 6 rings (SSSR count). The third-order valence-electron chi connectivity index (χ3n) is 7.86. The van der Waals surface area contributed by atoms with Crippen molar-refractivity contribution in [3.8, 4) is 5.75 Å². The van der Waals surface area contributed by atoms with Crippen LogP contribution in [0.2, 0.25) is 5.02 Å². The highest BCUT2D eigenvalue weighted by atomic mass is 35.5. The van der Waals surface area contributed by atoms with E-state index in [9.17, 15) is 4.79 Å². The first-order chi connectivity index (χ1) is 18.1. The van der Waals surface area contributed by atoms with Gasteiger partial charge >= 0.3 is 0 Å². The first-order valence-corrected chi connectivity index (χ1v) is 13.6. The van der Waals surface area contributed by atoms with Gasteiger partial charge in [0.1, 0.15) is 11.4 Å². The second-order valence-electron chi connectivity index (χ2n) is 10.3. The van der Waals surface area contributed by atoms with Crippen LogP contribution >= 0.6 is 11.6 Å². The van der Waals surface area contributed by atoms with Gasteiger partial charge in [-0.25, -0.2) is 4.98 Å². The van der Waals surface area contributed by atoms with E-state index in [1.807, 2.05) is 42.9 Å². The Bertz CT molecular complexity index is 1380. The Labute approximate surface area is 221 Å². The minimum atomic E-state index is 0.295. The lowest BCUT2D eigenvalue weighted by Crippen LogP contribution is -2.43. The maximum atomic E-state index is 13.2. The summed E-state index contributed by atoms with van der Waals surface area (Å²) in [5.74, 6) is 1.92. The molecule has 0 bridgehead atoms. The van der Waals surface area contributed by atoms with Gasteiger partial charge in [-0.05, 0) is 68.0 Å². The number of halogens is 1. The second-order valence-corrected chi connectivity index (χ2v) is 10.8. The van der Waals surface area contributed by atoms with E-state index in [1.165, 1.54) is 5.69 Å². The van der Waals surface area contributed by atoms with E-state index in [0.717, 1.165) is 79.5 Å². The SMILES string of the molecule is O=C(CC1CCN(c2ccnc3cnc4[nH]ccc4c23)CC1)N1CCCC(COc2ccc(Cl)cc2)C1. The smallest absolute Gasteiger partial charge is 0.222 e. The topological polar surface area (TPSA) is 74.4 Å². The number of benzene rings is 1. The van der Waals surface area contributed by atoms with Crippen LogP contribution in [0.15, 0.2) is 55.0 Å². The zero-order valence-corrected chi connectivity index (χ0v) is 21.7. The molecule has 8 heteroatoms. The Hall–Kier alpha value is -3.32. The molecule has 2 aliphatic heterocycles. The van der Waals surface area contributed by atoms with E-state index in [-0.39, 0.29) is 0 Å². The van der Waals surface area contributed by atoms with Crippen molar-refractivity contribution in [2.24, 2.45) is 11.8 Å². The number of aromatic amines is 1. The lowest BCUT2D eigenvalue weighted by molar-refractivity contribution is -0.134. The Balaban J connectivity index is 1.03. The average molecular weight is 518 g/mol. The number of carbonyl (C=O) groups excluding carboxylic acids is 1. The van der Waals surface area contributed by atoms with Gasteiger partial charge in [0.15, 0.2) is 0 Å². The minimum absolute atomic E-state index is 0.295. The summed E-state index contributed by atoms with van der Waals surface area (Å²) in [6.07, 6.45) is 10.5. The third-order valence-corrected chi connectivity index (χ3v) is 8.11. The predicted molar refractivity (Wildman–Crippen MR) is 147 cm³/mol. The normalized spacial score (nSPS) is 19.0. The summed E-state index contributed by atoms with van der Waals surface area (Å²) in [5.41, 5.74) is 3.02. The maximum Gasteiger partial charge on any atom is 0.222 e. The highest BCUT2D eigenvalue weighted by Crippen LogP contribution is 2.34. The molecular formula is C29H32ClN5O2. The van der Waals surface area contributed by atoms with Crippen LogP contribution in [0.1, 0.15) is 32.1 Å². The number of hydrogen-bond acceptors (Lipinski definition) is 5. The summed E-state index contributed by atoms with van der Waals surface area (Å²) in [6, 6.07) is 11.7. The van der Waals surface area contributed by atoms with Crippen LogP contribution in [0.4, 0.5) is 5.69 Å². The summed E-state index contributed by atoms with van der Waals surface area (Å²) >= 11 is 5.97. The fourth-order valence-electron chi connectivity index (χ4n) is 5.83. The molecule has 2 aliphatic rings. The van der Waals surface area contributed by atoms with Crippen molar-refractivity contribution in [3.63, 3.8) is 0 Å². The Morgan fingerprint density at radius 1 is 1.03 bits per heavy atom. The first-order valence-electron chi connectivity index (χ1n) is 13.3. The number of hydrogen-bond donors (Lipinski definition) is 1. The van der Waals surface area contributed by atoms with Gasteiger partial charge in [-0.15, -0.1) is 0 Å². The zero-order chi connectivity index (χ0) is 25.2. The molecule has 37 heavy (non-hydrogen) atoms. The monoisotopic (exact) mass is 517 g/mol. The second kappa shape index (κ2) is 10.6. The van der Waals surface area contributed by atoms with Crippen molar-refractivity contribution in [1.82, 2.24) is 19.9 Å². The molecule has 7 nitrogen and oxygen atoms in total. The molecule has 192 valence electrons. The van der Waals surface area contributed by atoms with Gasteiger partial charge in [0.2, 0.25) is 5.91 Å².